The van der Waals surface area contributed by atoms with E-state index < -0.39 is 0 Å². The van der Waals surface area contributed by atoms with Gasteiger partial charge in [-0.25, -0.2) is 0 Å². The zero-order valence-electron chi connectivity index (χ0n) is 11.2. The molecule has 0 spiro atoms. The first kappa shape index (κ1) is 13.0. The van der Waals surface area contributed by atoms with Gasteiger partial charge in [-0.3, -0.25) is 0 Å². The van der Waals surface area contributed by atoms with Crippen molar-refractivity contribution in [3.63, 3.8) is 0 Å². The third kappa shape index (κ3) is 3.11. The van der Waals surface area contributed by atoms with Gasteiger partial charge in [-0.2, -0.15) is 11.8 Å². The Morgan fingerprint density at radius 3 is 2.53 bits per heavy atom. The Bertz CT molecular complexity index is 444. The summed E-state index contributed by atoms with van der Waals surface area (Å²) >= 11 is 1.99. The number of anilines is 1. The van der Waals surface area contributed by atoms with Crippen molar-refractivity contribution >= 4 is 17.4 Å². The van der Waals surface area contributed by atoms with Crippen LogP contribution in [0.3, 0.4) is 0 Å². The molecule has 1 saturated carbocycles. The maximum Gasteiger partial charge on any atom is 0.163 e. The Labute approximate surface area is 118 Å². The second-order valence-electron chi connectivity index (χ2n) is 5.36. The number of nitrogen functional groups attached to an aromatic ring is 1. The third-order valence-corrected chi connectivity index (χ3v) is 5.11. The van der Waals surface area contributed by atoms with Gasteiger partial charge in [0.2, 0.25) is 0 Å². The van der Waals surface area contributed by atoms with Crippen LogP contribution in [0.4, 0.5) is 5.69 Å². The number of benzene rings is 1. The van der Waals surface area contributed by atoms with Crippen LogP contribution in [0.15, 0.2) is 12.1 Å². The van der Waals surface area contributed by atoms with Crippen LogP contribution in [0.1, 0.15) is 31.2 Å². The highest BCUT2D eigenvalue weighted by Crippen LogP contribution is 2.36. The van der Waals surface area contributed by atoms with Gasteiger partial charge in [0.05, 0.1) is 0 Å². The molecule has 0 atom stereocenters. The summed E-state index contributed by atoms with van der Waals surface area (Å²) in [6.07, 6.45) is 5.64. The Morgan fingerprint density at radius 2 is 1.79 bits per heavy atom. The van der Waals surface area contributed by atoms with E-state index in [9.17, 15) is 0 Å². The molecule has 1 aliphatic heterocycles. The zero-order chi connectivity index (χ0) is 13.1. The van der Waals surface area contributed by atoms with Crippen LogP contribution >= 0.6 is 11.8 Å². The van der Waals surface area contributed by atoms with Gasteiger partial charge in [0, 0.05) is 17.5 Å². The first-order valence-electron chi connectivity index (χ1n) is 7.08. The summed E-state index contributed by atoms with van der Waals surface area (Å²) in [6.45, 7) is 1.24. The molecule has 0 saturated heterocycles. The third-order valence-electron chi connectivity index (χ3n) is 3.89. The molecule has 1 aliphatic carbocycles. The fourth-order valence-electron chi connectivity index (χ4n) is 2.78. The molecule has 0 amide bonds. The van der Waals surface area contributed by atoms with Crippen molar-refractivity contribution in [1.82, 2.24) is 0 Å². The standard InChI is InChI=1S/C15H21NO2S/c16-13-8-15-14(17-5-6-18-15)7-12(13)10-19-9-11-3-1-2-4-11/h7-8,11H,1-6,9-10,16H2. The van der Waals surface area contributed by atoms with Crippen LogP contribution in [0, 0.1) is 5.92 Å². The van der Waals surface area contributed by atoms with E-state index in [1.54, 1.807) is 0 Å². The van der Waals surface area contributed by atoms with E-state index in [-0.39, 0.29) is 0 Å². The number of hydrogen-bond acceptors (Lipinski definition) is 4. The van der Waals surface area contributed by atoms with Gasteiger partial charge in [-0.1, -0.05) is 12.8 Å². The number of fused-ring (bicyclic) bond motifs is 1. The first-order chi connectivity index (χ1) is 9.33. The summed E-state index contributed by atoms with van der Waals surface area (Å²) in [6, 6.07) is 3.95. The van der Waals surface area contributed by atoms with E-state index in [2.05, 4.69) is 0 Å². The molecule has 0 aromatic heterocycles. The fourth-order valence-corrected chi connectivity index (χ4v) is 4.04. The smallest absolute Gasteiger partial charge is 0.163 e. The lowest BCUT2D eigenvalue weighted by molar-refractivity contribution is 0.171. The van der Waals surface area contributed by atoms with Gasteiger partial charge >= 0.3 is 0 Å². The molecule has 1 fully saturated rings. The van der Waals surface area contributed by atoms with Crippen LogP contribution in [-0.2, 0) is 5.75 Å². The van der Waals surface area contributed by atoms with Crippen molar-refractivity contribution in [2.75, 3.05) is 24.7 Å². The molecule has 19 heavy (non-hydrogen) atoms. The first-order valence-corrected chi connectivity index (χ1v) is 8.24. The molecule has 1 aromatic carbocycles. The Morgan fingerprint density at radius 1 is 1.11 bits per heavy atom. The molecule has 0 unspecified atom stereocenters. The summed E-state index contributed by atoms with van der Waals surface area (Å²) < 4.78 is 11.1. The van der Waals surface area contributed by atoms with Gasteiger partial charge in [-0.05, 0) is 36.1 Å². The van der Waals surface area contributed by atoms with Crippen LogP contribution < -0.4 is 15.2 Å². The second kappa shape index (κ2) is 5.95. The van der Waals surface area contributed by atoms with Gasteiger partial charge in [-0.15, -0.1) is 0 Å². The van der Waals surface area contributed by atoms with Crippen molar-refractivity contribution in [3.05, 3.63) is 17.7 Å². The van der Waals surface area contributed by atoms with Gasteiger partial charge in [0.1, 0.15) is 13.2 Å². The maximum absolute atomic E-state index is 6.09. The van der Waals surface area contributed by atoms with Gasteiger partial charge < -0.3 is 15.2 Å². The topological polar surface area (TPSA) is 44.5 Å². The molecule has 2 N–H and O–H groups in total. The normalized spacial score (nSPS) is 18.7. The summed E-state index contributed by atoms with van der Waals surface area (Å²) in [5.74, 6) is 4.78. The average Bonchev–Trinajstić information content (AvgIpc) is 2.92. The lowest BCUT2D eigenvalue weighted by atomic mass is 10.1. The minimum atomic E-state index is 0.613. The summed E-state index contributed by atoms with van der Waals surface area (Å²) in [4.78, 5) is 0. The van der Waals surface area contributed by atoms with E-state index in [1.165, 1.54) is 37.0 Å². The zero-order valence-corrected chi connectivity index (χ0v) is 12.0. The highest BCUT2D eigenvalue weighted by molar-refractivity contribution is 7.98. The quantitative estimate of drug-likeness (QED) is 0.857. The Kier molecular flexibility index (Phi) is 4.06. The Hall–Kier alpha value is -1.03. The molecule has 4 heteroatoms. The highest BCUT2D eigenvalue weighted by Gasteiger charge is 2.17. The molecule has 2 aliphatic rings. The summed E-state index contributed by atoms with van der Waals surface area (Å²) in [5.41, 5.74) is 8.09. The van der Waals surface area contributed by atoms with Crippen molar-refractivity contribution in [2.45, 2.75) is 31.4 Å². The molecule has 0 radical (unpaired) electrons. The Balaban J connectivity index is 1.60. The monoisotopic (exact) mass is 279 g/mol. The van der Waals surface area contributed by atoms with E-state index in [1.807, 2.05) is 23.9 Å². The van der Waals surface area contributed by atoms with Gasteiger partial charge in [0.25, 0.3) is 0 Å². The van der Waals surface area contributed by atoms with Crippen LogP contribution in [0.25, 0.3) is 0 Å². The minimum Gasteiger partial charge on any atom is -0.486 e. The van der Waals surface area contributed by atoms with Gasteiger partial charge in [0.15, 0.2) is 11.5 Å². The van der Waals surface area contributed by atoms with E-state index >= 15 is 0 Å². The lowest BCUT2D eigenvalue weighted by Gasteiger charge is -2.20. The summed E-state index contributed by atoms with van der Waals surface area (Å²) in [5, 5.41) is 0. The molecule has 0 bridgehead atoms. The molecular formula is C15H21NO2S. The fraction of sp³-hybridized carbons (Fsp3) is 0.600. The molecule has 1 heterocycles. The molecule has 3 rings (SSSR count). The number of hydrogen-bond donors (Lipinski definition) is 1. The minimum absolute atomic E-state index is 0.613. The SMILES string of the molecule is Nc1cc2c(cc1CSCC1CCCC1)OCCO2. The van der Waals surface area contributed by atoms with E-state index in [4.69, 9.17) is 15.2 Å². The van der Waals surface area contributed by atoms with Crippen molar-refractivity contribution < 1.29 is 9.47 Å². The van der Waals surface area contributed by atoms with Crippen LogP contribution in [0.2, 0.25) is 0 Å². The second-order valence-corrected chi connectivity index (χ2v) is 6.39. The van der Waals surface area contributed by atoms with E-state index in [0.29, 0.717) is 13.2 Å². The number of ether oxygens (including phenoxy) is 2. The maximum atomic E-state index is 6.09. The largest absolute Gasteiger partial charge is 0.486 e. The van der Waals surface area contributed by atoms with Crippen LogP contribution in [0.5, 0.6) is 11.5 Å². The van der Waals surface area contributed by atoms with Crippen molar-refractivity contribution in [1.29, 1.82) is 0 Å². The summed E-state index contributed by atoms with van der Waals surface area (Å²) in [7, 11) is 0. The number of rotatable bonds is 4. The average molecular weight is 279 g/mol. The highest BCUT2D eigenvalue weighted by atomic mass is 32.2. The molecule has 104 valence electrons. The predicted molar refractivity (Wildman–Crippen MR) is 80.0 cm³/mol. The number of thioether (sulfide) groups is 1. The van der Waals surface area contributed by atoms with Crippen LogP contribution in [-0.4, -0.2) is 19.0 Å². The molecule has 3 nitrogen and oxygen atoms in total. The molecular weight excluding hydrogens is 258 g/mol. The van der Waals surface area contributed by atoms with Crippen molar-refractivity contribution in [2.24, 2.45) is 5.92 Å². The molecule has 1 aromatic rings. The lowest BCUT2D eigenvalue weighted by Crippen LogP contribution is -2.16. The number of nitrogens with two attached hydrogens (primary N) is 1. The van der Waals surface area contributed by atoms with Crippen molar-refractivity contribution in [3.8, 4) is 11.5 Å². The van der Waals surface area contributed by atoms with E-state index in [0.717, 1.165) is 28.9 Å². The predicted octanol–water partition coefficient (Wildman–Crippen LogP) is 3.46.